The minimum Gasteiger partial charge on any atom is -0.495 e. The first-order valence-corrected chi connectivity index (χ1v) is 4.75. The summed E-state index contributed by atoms with van der Waals surface area (Å²) >= 11 is 5.88. The Hall–Kier alpha value is -1.75. The lowest BCUT2D eigenvalue weighted by Gasteiger charge is -2.05. The van der Waals surface area contributed by atoms with Gasteiger partial charge in [0.1, 0.15) is 17.3 Å². The van der Waals surface area contributed by atoms with Crippen LogP contribution in [-0.2, 0) is 0 Å². The summed E-state index contributed by atoms with van der Waals surface area (Å²) in [4.78, 5) is 0. The van der Waals surface area contributed by atoms with Gasteiger partial charge < -0.3 is 15.0 Å². The van der Waals surface area contributed by atoms with E-state index >= 15 is 0 Å². The minimum absolute atomic E-state index is 0.112. The third-order valence-electron chi connectivity index (χ3n) is 2.05. The number of nitrogens with zero attached hydrogens (tertiary/aromatic N) is 1. The van der Waals surface area contributed by atoms with E-state index in [4.69, 9.17) is 22.1 Å². The van der Waals surface area contributed by atoms with E-state index < -0.39 is 5.82 Å². The number of benzene rings is 1. The highest BCUT2D eigenvalue weighted by Crippen LogP contribution is 2.32. The molecule has 0 amide bonds. The van der Waals surface area contributed by atoms with Crippen LogP contribution in [0.4, 0.5) is 10.3 Å². The number of nitrogen functional groups attached to an aromatic ring is 1. The third-order valence-corrected chi connectivity index (χ3v) is 2.34. The lowest BCUT2D eigenvalue weighted by Crippen LogP contribution is -1.90. The summed E-state index contributed by atoms with van der Waals surface area (Å²) in [7, 11) is 1.41. The summed E-state index contributed by atoms with van der Waals surface area (Å²) in [6.45, 7) is 0. The molecule has 16 heavy (non-hydrogen) atoms. The third kappa shape index (κ3) is 1.81. The molecule has 6 heteroatoms. The molecule has 0 unspecified atom stereocenters. The first kappa shape index (κ1) is 10.8. The zero-order chi connectivity index (χ0) is 11.7. The Kier molecular flexibility index (Phi) is 2.70. The fraction of sp³-hybridized carbons (Fsp3) is 0.100. The van der Waals surface area contributed by atoms with E-state index in [1.54, 1.807) is 0 Å². The van der Waals surface area contributed by atoms with Gasteiger partial charge in [-0.2, -0.15) is 0 Å². The average molecular weight is 243 g/mol. The highest BCUT2D eigenvalue weighted by Gasteiger charge is 2.13. The largest absolute Gasteiger partial charge is 0.495 e. The monoisotopic (exact) mass is 242 g/mol. The molecular weight excluding hydrogens is 235 g/mol. The van der Waals surface area contributed by atoms with Crippen LogP contribution in [0.1, 0.15) is 0 Å². The molecule has 2 rings (SSSR count). The summed E-state index contributed by atoms with van der Waals surface area (Å²) in [5.41, 5.74) is 5.86. The summed E-state index contributed by atoms with van der Waals surface area (Å²) in [5.74, 6) is -0.129. The second-order valence-electron chi connectivity index (χ2n) is 3.08. The molecule has 4 nitrogen and oxygen atoms in total. The molecule has 0 bridgehead atoms. The number of ether oxygens (including phenoxy) is 1. The van der Waals surface area contributed by atoms with Crippen molar-refractivity contribution in [3.05, 3.63) is 29.0 Å². The van der Waals surface area contributed by atoms with Gasteiger partial charge in [-0.3, -0.25) is 0 Å². The Morgan fingerprint density at radius 3 is 2.75 bits per heavy atom. The van der Waals surface area contributed by atoms with Gasteiger partial charge in [0, 0.05) is 17.7 Å². The van der Waals surface area contributed by atoms with Gasteiger partial charge >= 0.3 is 0 Å². The molecule has 0 saturated carbocycles. The fourth-order valence-corrected chi connectivity index (χ4v) is 1.54. The predicted octanol–water partition coefficient (Wildman–Crippen LogP) is 2.72. The molecular formula is C10H8ClFN2O2. The van der Waals surface area contributed by atoms with E-state index in [-0.39, 0.29) is 17.2 Å². The van der Waals surface area contributed by atoms with Crippen LogP contribution in [0.5, 0.6) is 5.75 Å². The van der Waals surface area contributed by atoms with Crippen LogP contribution in [0.3, 0.4) is 0 Å². The summed E-state index contributed by atoms with van der Waals surface area (Å²) < 4.78 is 23.2. The van der Waals surface area contributed by atoms with Gasteiger partial charge in [-0.25, -0.2) is 4.39 Å². The standard InChI is InChI=1S/C10H8ClFN2O2/c1-15-9-3-7(12)5(2-6(9)11)8-4-10(13)16-14-8/h2-4H,13H2,1H3. The first-order valence-electron chi connectivity index (χ1n) is 4.37. The van der Waals surface area contributed by atoms with Crippen LogP contribution in [0, 0.1) is 5.82 Å². The maximum Gasteiger partial charge on any atom is 0.222 e. The lowest BCUT2D eigenvalue weighted by molar-refractivity contribution is 0.411. The van der Waals surface area contributed by atoms with Gasteiger partial charge in [-0.15, -0.1) is 0 Å². The van der Waals surface area contributed by atoms with Crippen molar-refractivity contribution in [2.24, 2.45) is 0 Å². The highest BCUT2D eigenvalue weighted by molar-refractivity contribution is 6.32. The Labute approximate surface area is 95.7 Å². The van der Waals surface area contributed by atoms with Crippen LogP contribution < -0.4 is 10.5 Å². The number of rotatable bonds is 2. The Balaban J connectivity index is 2.54. The number of hydrogen-bond acceptors (Lipinski definition) is 4. The van der Waals surface area contributed by atoms with Crippen LogP contribution in [0.25, 0.3) is 11.3 Å². The van der Waals surface area contributed by atoms with Gasteiger partial charge in [0.15, 0.2) is 0 Å². The van der Waals surface area contributed by atoms with Crippen molar-refractivity contribution in [2.75, 3.05) is 12.8 Å². The topological polar surface area (TPSA) is 61.3 Å². The van der Waals surface area contributed by atoms with Gasteiger partial charge in [-0.05, 0) is 6.07 Å². The maximum absolute atomic E-state index is 13.7. The first-order chi connectivity index (χ1) is 7.61. The van der Waals surface area contributed by atoms with Crippen molar-refractivity contribution < 1.29 is 13.7 Å². The van der Waals surface area contributed by atoms with E-state index in [0.717, 1.165) is 0 Å². The van der Waals surface area contributed by atoms with Crippen LogP contribution in [0.2, 0.25) is 5.02 Å². The maximum atomic E-state index is 13.7. The Morgan fingerprint density at radius 2 is 2.19 bits per heavy atom. The van der Waals surface area contributed by atoms with E-state index in [1.165, 1.54) is 25.3 Å². The van der Waals surface area contributed by atoms with Gasteiger partial charge in [0.2, 0.25) is 5.88 Å². The van der Waals surface area contributed by atoms with Gasteiger partial charge in [-0.1, -0.05) is 16.8 Å². The smallest absolute Gasteiger partial charge is 0.222 e. The molecule has 0 aliphatic carbocycles. The van der Waals surface area contributed by atoms with Crippen molar-refractivity contribution in [1.29, 1.82) is 0 Å². The van der Waals surface area contributed by atoms with Crippen LogP contribution in [-0.4, -0.2) is 12.3 Å². The molecule has 84 valence electrons. The fourth-order valence-electron chi connectivity index (χ4n) is 1.30. The molecule has 0 radical (unpaired) electrons. The SMILES string of the molecule is COc1cc(F)c(-c2cc(N)on2)cc1Cl. The molecule has 1 aromatic carbocycles. The zero-order valence-electron chi connectivity index (χ0n) is 8.33. The van der Waals surface area contributed by atoms with E-state index in [9.17, 15) is 4.39 Å². The molecule has 2 N–H and O–H groups in total. The quantitative estimate of drug-likeness (QED) is 0.880. The summed E-state index contributed by atoms with van der Waals surface area (Å²) in [6.07, 6.45) is 0. The number of anilines is 1. The van der Waals surface area contributed by atoms with Crippen LogP contribution in [0.15, 0.2) is 22.7 Å². The molecule has 2 aromatic rings. The molecule has 0 atom stereocenters. The van der Waals surface area contributed by atoms with Gasteiger partial charge in [0.05, 0.1) is 12.1 Å². The number of aromatic nitrogens is 1. The van der Waals surface area contributed by atoms with Crippen molar-refractivity contribution in [2.45, 2.75) is 0 Å². The molecule has 1 aromatic heterocycles. The molecule has 0 spiro atoms. The number of nitrogens with two attached hydrogens (primary N) is 1. The molecule has 0 fully saturated rings. The summed E-state index contributed by atoms with van der Waals surface area (Å²) in [6, 6.07) is 4.01. The number of methoxy groups -OCH3 is 1. The van der Waals surface area contributed by atoms with Crippen molar-refractivity contribution >= 4 is 17.5 Å². The second-order valence-corrected chi connectivity index (χ2v) is 3.49. The predicted molar refractivity (Wildman–Crippen MR) is 57.9 cm³/mol. The highest BCUT2D eigenvalue weighted by atomic mass is 35.5. The van der Waals surface area contributed by atoms with E-state index in [0.29, 0.717) is 10.7 Å². The van der Waals surface area contributed by atoms with Crippen molar-refractivity contribution in [1.82, 2.24) is 5.16 Å². The average Bonchev–Trinajstić information content (AvgIpc) is 2.67. The normalized spacial score (nSPS) is 10.4. The van der Waals surface area contributed by atoms with Crippen LogP contribution >= 0.6 is 11.6 Å². The molecule has 1 heterocycles. The van der Waals surface area contributed by atoms with Crippen molar-refractivity contribution in [3.63, 3.8) is 0 Å². The minimum atomic E-state index is -0.505. The number of halogens is 2. The van der Waals surface area contributed by atoms with Crippen molar-refractivity contribution in [3.8, 4) is 17.0 Å². The summed E-state index contributed by atoms with van der Waals surface area (Å²) in [5, 5.41) is 3.90. The second kappa shape index (κ2) is 4.02. The number of hydrogen-bond donors (Lipinski definition) is 1. The van der Waals surface area contributed by atoms with E-state index in [1.807, 2.05) is 0 Å². The van der Waals surface area contributed by atoms with Gasteiger partial charge in [0.25, 0.3) is 0 Å². The Morgan fingerprint density at radius 1 is 1.44 bits per heavy atom. The molecule has 0 saturated heterocycles. The lowest BCUT2D eigenvalue weighted by atomic mass is 10.1. The zero-order valence-corrected chi connectivity index (χ0v) is 9.08. The van der Waals surface area contributed by atoms with E-state index in [2.05, 4.69) is 9.68 Å². The molecule has 0 aliphatic heterocycles. The molecule has 0 aliphatic rings. The Bertz CT molecular complexity index is 528.